The lowest BCUT2D eigenvalue weighted by Crippen LogP contribution is -2.51. The number of nitrogens with two attached hydrogens (primary N) is 1. The highest BCUT2D eigenvalue weighted by molar-refractivity contribution is 5.96. The molecular weight excluding hydrogens is 380 g/mol. The van der Waals surface area contributed by atoms with Crippen molar-refractivity contribution in [3.05, 3.63) is 30.2 Å². The summed E-state index contributed by atoms with van der Waals surface area (Å²) in [5.74, 6) is -0.284. The molecule has 30 heavy (non-hydrogen) atoms. The average molecular weight is 411 g/mol. The molecule has 8 nitrogen and oxygen atoms in total. The number of aromatic nitrogens is 2. The number of nitrogens with one attached hydrogen (secondary N) is 1. The lowest BCUT2D eigenvalue weighted by Gasteiger charge is -2.34. The minimum Gasteiger partial charge on any atom is -0.349 e. The number of rotatable bonds is 6. The molecule has 1 fully saturated rings. The van der Waals surface area contributed by atoms with E-state index in [-0.39, 0.29) is 23.8 Å². The van der Waals surface area contributed by atoms with Crippen molar-refractivity contribution < 1.29 is 9.59 Å². The summed E-state index contributed by atoms with van der Waals surface area (Å²) >= 11 is 0. The maximum absolute atomic E-state index is 12.7. The minimum absolute atomic E-state index is 0.0460. The van der Waals surface area contributed by atoms with E-state index in [1.54, 1.807) is 19.2 Å². The van der Waals surface area contributed by atoms with E-state index in [0.717, 1.165) is 36.6 Å². The van der Waals surface area contributed by atoms with Gasteiger partial charge in [0, 0.05) is 31.2 Å². The number of amides is 2. The number of carbonyl (C=O) groups is 2. The standard InChI is InChI=1S/C22H30N6O2/c1-4-28(14(2)12-23)22(30)20(24)15-5-7-17(8-6-15)26-21(29)18-11-16-9-10-27(3)19(16)13-25-18/h9-11,13-15,17,20H,4-8,24H2,1-3H3,(H,26,29). The first-order chi connectivity index (χ1) is 14.3. The molecule has 0 radical (unpaired) electrons. The molecule has 3 rings (SSSR count). The highest BCUT2D eigenvalue weighted by atomic mass is 16.2. The lowest BCUT2D eigenvalue weighted by atomic mass is 9.81. The molecule has 0 saturated heterocycles. The van der Waals surface area contributed by atoms with E-state index in [9.17, 15) is 9.59 Å². The lowest BCUT2D eigenvalue weighted by molar-refractivity contribution is -0.135. The van der Waals surface area contributed by atoms with Crippen LogP contribution in [0, 0.1) is 17.2 Å². The number of pyridine rings is 1. The molecule has 0 spiro atoms. The van der Waals surface area contributed by atoms with Gasteiger partial charge in [-0.1, -0.05) is 0 Å². The van der Waals surface area contributed by atoms with Crippen molar-refractivity contribution in [1.82, 2.24) is 19.8 Å². The van der Waals surface area contributed by atoms with Gasteiger partial charge in [-0.25, -0.2) is 4.98 Å². The summed E-state index contributed by atoms with van der Waals surface area (Å²) in [7, 11) is 1.94. The van der Waals surface area contributed by atoms with Crippen LogP contribution in [0.25, 0.3) is 10.9 Å². The smallest absolute Gasteiger partial charge is 0.270 e. The van der Waals surface area contributed by atoms with Gasteiger partial charge in [0.2, 0.25) is 5.91 Å². The first-order valence-electron chi connectivity index (χ1n) is 10.5. The quantitative estimate of drug-likeness (QED) is 0.755. The van der Waals surface area contributed by atoms with E-state index >= 15 is 0 Å². The summed E-state index contributed by atoms with van der Waals surface area (Å²) in [6.07, 6.45) is 6.73. The topological polar surface area (TPSA) is 117 Å². The number of hydrogen-bond acceptors (Lipinski definition) is 5. The predicted octanol–water partition coefficient (Wildman–Crippen LogP) is 1.95. The van der Waals surface area contributed by atoms with Gasteiger partial charge in [0.25, 0.3) is 5.91 Å². The Bertz CT molecular complexity index is 954. The summed E-state index contributed by atoms with van der Waals surface area (Å²) in [6, 6.07) is 4.82. The molecule has 1 saturated carbocycles. The Balaban J connectivity index is 1.55. The van der Waals surface area contributed by atoms with Crippen LogP contribution in [0.1, 0.15) is 50.0 Å². The maximum Gasteiger partial charge on any atom is 0.270 e. The summed E-state index contributed by atoms with van der Waals surface area (Å²) in [6.45, 7) is 4.03. The van der Waals surface area contributed by atoms with Crippen molar-refractivity contribution >= 4 is 22.7 Å². The number of nitriles is 1. The molecule has 2 unspecified atom stereocenters. The zero-order valence-corrected chi connectivity index (χ0v) is 17.8. The van der Waals surface area contributed by atoms with Crippen LogP contribution < -0.4 is 11.1 Å². The number of likely N-dealkylation sites (N-methyl/N-ethyl adjacent to an activating group) is 1. The van der Waals surface area contributed by atoms with Crippen molar-refractivity contribution in [3.8, 4) is 6.07 Å². The van der Waals surface area contributed by atoms with Crippen LogP contribution in [0.3, 0.4) is 0 Å². The molecule has 0 aliphatic heterocycles. The Labute approximate surface area is 177 Å². The number of carbonyl (C=O) groups excluding carboxylic acids is 2. The van der Waals surface area contributed by atoms with E-state index < -0.39 is 12.1 Å². The van der Waals surface area contributed by atoms with Gasteiger partial charge in [-0.2, -0.15) is 5.26 Å². The number of fused-ring (bicyclic) bond motifs is 1. The van der Waals surface area contributed by atoms with Crippen molar-refractivity contribution in [3.63, 3.8) is 0 Å². The van der Waals surface area contributed by atoms with Gasteiger partial charge in [0.1, 0.15) is 11.7 Å². The summed E-state index contributed by atoms with van der Waals surface area (Å²) < 4.78 is 1.97. The van der Waals surface area contributed by atoms with Crippen LogP contribution in [-0.4, -0.2) is 50.9 Å². The monoisotopic (exact) mass is 410 g/mol. The Kier molecular flexibility index (Phi) is 6.73. The molecule has 2 heterocycles. The van der Waals surface area contributed by atoms with Crippen molar-refractivity contribution in [1.29, 1.82) is 5.26 Å². The summed E-state index contributed by atoms with van der Waals surface area (Å²) in [5.41, 5.74) is 7.65. The normalized spacial score (nSPS) is 20.9. The van der Waals surface area contributed by atoms with Crippen LogP contribution in [0.5, 0.6) is 0 Å². The third-order valence-electron chi connectivity index (χ3n) is 6.18. The fourth-order valence-corrected chi connectivity index (χ4v) is 4.25. The van der Waals surface area contributed by atoms with Gasteiger partial charge in [-0.3, -0.25) is 9.59 Å². The van der Waals surface area contributed by atoms with Gasteiger partial charge in [-0.05, 0) is 57.6 Å². The van der Waals surface area contributed by atoms with Crippen molar-refractivity contribution in [2.24, 2.45) is 18.7 Å². The van der Waals surface area contributed by atoms with Gasteiger partial charge in [-0.15, -0.1) is 0 Å². The zero-order chi connectivity index (χ0) is 21.8. The second-order valence-electron chi connectivity index (χ2n) is 8.10. The molecule has 1 aliphatic rings. The molecule has 0 aromatic carbocycles. The maximum atomic E-state index is 12.7. The van der Waals surface area contributed by atoms with Crippen LogP contribution in [-0.2, 0) is 11.8 Å². The highest BCUT2D eigenvalue weighted by Crippen LogP contribution is 2.27. The van der Waals surface area contributed by atoms with E-state index in [2.05, 4.69) is 16.4 Å². The average Bonchev–Trinajstić information content (AvgIpc) is 3.14. The molecular formula is C22H30N6O2. The molecule has 2 aromatic rings. The molecule has 160 valence electrons. The van der Waals surface area contributed by atoms with E-state index in [4.69, 9.17) is 11.0 Å². The third kappa shape index (κ3) is 4.46. The van der Waals surface area contributed by atoms with E-state index in [0.29, 0.717) is 12.2 Å². The fraction of sp³-hybridized carbons (Fsp3) is 0.545. The van der Waals surface area contributed by atoms with Crippen LogP contribution in [0.2, 0.25) is 0 Å². The third-order valence-corrected chi connectivity index (χ3v) is 6.18. The van der Waals surface area contributed by atoms with Gasteiger partial charge in [0.15, 0.2) is 0 Å². The second-order valence-corrected chi connectivity index (χ2v) is 8.10. The zero-order valence-electron chi connectivity index (χ0n) is 17.8. The molecule has 1 aliphatic carbocycles. The van der Waals surface area contributed by atoms with Gasteiger partial charge >= 0.3 is 0 Å². The number of hydrogen-bond donors (Lipinski definition) is 2. The molecule has 2 atom stereocenters. The van der Waals surface area contributed by atoms with Gasteiger partial charge < -0.3 is 20.5 Å². The number of nitrogens with zero attached hydrogens (tertiary/aromatic N) is 4. The second kappa shape index (κ2) is 9.26. The SMILES string of the molecule is CCN(C(=O)C(N)C1CCC(NC(=O)c2cc3ccn(C)c3cn2)CC1)C(C)C#N. The predicted molar refractivity (Wildman–Crippen MR) is 114 cm³/mol. The largest absolute Gasteiger partial charge is 0.349 e. The molecule has 2 amide bonds. The Morgan fingerprint density at radius 3 is 2.73 bits per heavy atom. The van der Waals surface area contributed by atoms with Crippen LogP contribution >= 0.6 is 0 Å². The van der Waals surface area contributed by atoms with Crippen LogP contribution in [0.4, 0.5) is 0 Å². The molecule has 2 aromatic heterocycles. The van der Waals surface area contributed by atoms with Crippen molar-refractivity contribution in [2.75, 3.05) is 6.54 Å². The molecule has 3 N–H and O–H groups in total. The Hall–Kier alpha value is -2.92. The van der Waals surface area contributed by atoms with Crippen molar-refractivity contribution in [2.45, 2.75) is 57.7 Å². The first kappa shape index (κ1) is 21.8. The molecule has 8 heteroatoms. The van der Waals surface area contributed by atoms with Crippen LogP contribution in [0.15, 0.2) is 24.5 Å². The summed E-state index contributed by atoms with van der Waals surface area (Å²) in [4.78, 5) is 31.2. The minimum atomic E-state index is -0.612. The fourth-order valence-electron chi connectivity index (χ4n) is 4.25. The number of aryl methyl sites for hydroxylation is 1. The van der Waals surface area contributed by atoms with E-state index in [1.165, 1.54) is 4.90 Å². The Morgan fingerprint density at radius 1 is 1.40 bits per heavy atom. The summed E-state index contributed by atoms with van der Waals surface area (Å²) in [5, 5.41) is 13.2. The van der Waals surface area contributed by atoms with E-state index in [1.807, 2.05) is 30.8 Å². The highest BCUT2D eigenvalue weighted by Gasteiger charge is 2.33. The first-order valence-corrected chi connectivity index (χ1v) is 10.5. The Morgan fingerprint density at radius 2 is 2.10 bits per heavy atom. The molecule has 0 bridgehead atoms. The van der Waals surface area contributed by atoms with Gasteiger partial charge in [0.05, 0.1) is 23.8 Å².